The summed E-state index contributed by atoms with van der Waals surface area (Å²) in [5, 5.41) is 3.44. The van der Waals surface area contributed by atoms with Gasteiger partial charge in [0, 0.05) is 43.3 Å². The molecule has 3 atom stereocenters. The molecule has 33 heavy (non-hydrogen) atoms. The van der Waals surface area contributed by atoms with E-state index in [-0.39, 0.29) is 18.0 Å². The second kappa shape index (κ2) is 10.2. The molecule has 0 saturated carbocycles. The van der Waals surface area contributed by atoms with Crippen molar-refractivity contribution in [3.8, 4) is 0 Å². The molecule has 2 aromatic heterocycles. The summed E-state index contributed by atoms with van der Waals surface area (Å²) >= 11 is 0. The van der Waals surface area contributed by atoms with Gasteiger partial charge < -0.3 is 19.9 Å². The van der Waals surface area contributed by atoms with Gasteiger partial charge in [0.25, 0.3) is 5.91 Å². The highest BCUT2D eigenvalue weighted by Crippen LogP contribution is 2.29. The minimum atomic E-state index is -0.625. The quantitative estimate of drug-likeness (QED) is 0.640. The van der Waals surface area contributed by atoms with Crippen molar-refractivity contribution in [3.05, 3.63) is 42.4 Å². The Labute approximate surface area is 194 Å². The number of piperidine rings is 1. The topological polar surface area (TPSA) is 101 Å². The molecule has 4 heterocycles. The van der Waals surface area contributed by atoms with Crippen LogP contribution in [0.4, 0.5) is 11.8 Å². The van der Waals surface area contributed by atoms with Crippen LogP contribution in [0.25, 0.3) is 0 Å². The fourth-order valence-corrected chi connectivity index (χ4v) is 4.63. The average molecular weight is 453 g/mol. The highest BCUT2D eigenvalue weighted by Gasteiger charge is 2.37. The molecule has 2 fully saturated rings. The number of pyridine rings is 1. The lowest BCUT2D eigenvalue weighted by atomic mass is 9.90. The van der Waals surface area contributed by atoms with Crippen LogP contribution in [0.15, 0.2) is 36.8 Å². The fourth-order valence-electron chi connectivity index (χ4n) is 4.63. The van der Waals surface area contributed by atoms with Gasteiger partial charge in [-0.3, -0.25) is 14.6 Å². The zero-order valence-electron chi connectivity index (χ0n) is 19.4. The SMILES string of the molecule is CC(C)C1COC(C=O)N1c1ccnc(N[C@@H](C)C2CCN(C(=O)c3ccncc3)CC2)n1. The van der Waals surface area contributed by atoms with Gasteiger partial charge in [-0.25, -0.2) is 4.98 Å². The molecule has 2 aromatic rings. The average Bonchev–Trinajstić information content (AvgIpc) is 3.29. The van der Waals surface area contributed by atoms with E-state index in [2.05, 4.69) is 36.1 Å². The first-order valence-corrected chi connectivity index (χ1v) is 11.6. The molecule has 0 aliphatic carbocycles. The maximum Gasteiger partial charge on any atom is 0.253 e. The Morgan fingerprint density at radius 1 is 1.15 bits per heavy atom. The standard InChI is InChI=1S/C24H32N6O3/c1-16(2)20-15-33-22(14-31)30(20)21-6-11-26-24(28-21)27-17(3)18-7-12-29(13-8-18)23(32)19-4-9-25-10-5-19/h4-6,9-11,14,16-18,20,22H,7-8,12-13,15H2,1-3H3,(H,26,27,28)/t17-,20?,22?/m0/s1. The number of rotatable bonds is 7. The van der Waals surface area contributed by atoms with Crippen LogP contribution in [0.3, 0.4) is 0 Å². The predicted molar refractivity (Wildman–Crippen MR) is 125 cm³/mol. The number of aromatic nitrogens is 3. The summed E-state index contributed by atoms with van der Waals surface area (Å²) in [7, 11) is 0. The first-order valence-electron chi connectivity index (χ1n) is 11.6. The molecular weight excluding hydrogens is 420 g/mol. The van der Waals surface area contributed by atoms with Gasteiger partial charge in [0.15, 0.2) is 12.5 Å². The highest BCUT2D eigenvalue weighted by atomic mass is 16.5. The Bertz CT molecular complexity index is 948. The summed E-state index contributed by atoms with van der Waals surface area (Å²) in [4.78, 5) is 41.2. The van der Waals surface area contributed by atoms with Crippen LogP contribution in [0.2, 0.25) is 0 Å². The molecule has 0 aromatic carbocycles. The van der Waals surface area contributed by atoms with E-state index in [1.807, 2.05) is 15.9 Å². The van der Waals surface area contributed by atoms with Crippen molar-refractivity contribution in [1.82, 2.24) is 19.9 Å². The van der Waals surface area contributed by atoms with Crippen molar-refractivity contribution in [1.29, 1.82) is 0 Å². The van der Waals surface area contributed by atoms with Gasteiger partial charge in [-0.2, -0.15) is 4.98 Å². The number of hydrogen-bond acceptors (Lipinski definition) is 8. The maximum absolute atomic E-state index is 12.7. The molecule has 2 saturated heterocycles. The van der Waals surface area contributed by atoms with Gasteiger partial charge >= 0.3 is 0 Å². The lowest BCUT2D eigenvalue weighted by molar-refractivity contribution is -0.115. The Kier molecular flexibility index (Phi) is 7.17. The molecule has 1 N–H and O–H groups in total. The third kappa shape index (κ3) is 5.13. The van der Waals surface area contributed by atoms with E-state index in [4.69, 9.17) is 9.72 Å². The normalized spacial score (nSPS) is 22.4. The van der Waals surface area contributed by atoms with Crippen LogP contribution >= 0.6 is 0 Å². The van der Waals surface area contributed by atoms with Crippen LogP contribution in [0, 0.1) is 11.8 Å². The lowest BCUT2D eigenvalue weighted by Gasteiger charge is -2.35. The van der Waals surface area contributed by atoms with Crippen molar-refractivity contribution in [2.75, 3.05) is 29.9 Å². The molecule has 9 nitrogen and oxygen atoms in total. The van der Waals surface area contributed by atoms with Gasteiger partial charge in [0.05, 0.1) is 12.6 Å². The van der Waals surface area contributed by atoms with E-state index in [9.17, 15) is 9.59 Å². The highest BCUT2D eigenvalue weighted by molar-refractivity contribution is 5.94. The van der Waals surface area contributed by atoms with Crippen molar-refractivity contribution >= 4 is 24.0 Å². The third-order valence-corrected chi connectivity index (χ3v) is 6.68. The van der Waals surface area contributed by atoms with Crippen LogP contribution in [-0.2, 0) is 9.53 Å². The summed E-state index contributed by atoms with van der Waals surface area (Å²) in [5.74, 6) is 2.00. The number of likely N-dealkylation sites (tertiary alicyclic amines) is 1. The molecule has 176 valence electrons. The van der Waals surface area contributed by atoms with Crippen LogP contribution in [0.1, 0.15) is 44.0 Å². The number of ether oxygens (including phenoxy) is 1. The first-order chi connectivity index (χ1) is 16.0. The molecule has 4 rings (SSSR count). The smallest absolute Gasteiger partial charge is 0.253 e. The Morgan fingerprint density at radius 2 is 1.88 bits per heavy atom. The summed E-state index contributed by atoms with van der Waals surface area (Å²) in [6.07, 6.45) is 7.02. The van der Waals surface area contributed by atoms with Gasteiger partial charge in [0.2, 0.25) is 5.95 Å². The van der Waals surface area contributed by atoms with Gasteiger partial charge in [-0.05, 0) is 49.8 Å². The van der Waals surface area contributed by atoms with Crippen molar-refractivity contribution in [2.45, 2.75) is 51.9 Å². The Hall–Kier alpha value is -3.07. The molecule has 9 heteroatoms. The van der Waals surface area contributed by atoms with Crippen molar-refractivity contribution in [3.63, 3.8) is 0 Å². The number of carbonyl (C=O) groups is 2. The number of amides is 1. The number of hydrogen-bond donors (Lipinski definition) is 1. The minimum Gasteiger partial charge on any atom is -0.351 e. The van der Waals surface area contributed by atoms with E-state index in [1.165, 1.54) is 0 Å². The predicted octanol–water partition coefficient (Wildman–Crippen LogP) is 2.61. The molecule has 0 radical (unpaired) electrons. The van der Waals surface area contributed by atoms with E-state index in [0.717, 1.165) is 32.2 Å². The fraction of sp³-hybridized carbons (Fsp3) is 0.542. The second-order valence-corrected chi connectivity index (χ2v) is 9.12. The number of anilines is 2. The Morgan fingerprint density at radius 3 is 2.55 bits per heavy atom. The van der Waals surface area contributed by atoms with E-state index in [1.54, 1.807) is 30.7 Å². The van der Waals surface area contributed by atoms with E-state index in [0.29, 0.717) is 35.8 Å². The van der Waals surface area contributed by atoms with E-state index >= 15 is 0 Å². The summed E-state index contributed by atoms with van der Waals surface area (Å²) < 4.78 is 5.66. The van der Waals surface area contributed by atoms with Crippen LogP contribution in [0.5, 0.6) is 0 Å². The monoisotopic (exact) mass is 452 g/mol. The zero-order valence-corrected chi connectivity index (χ0v) is 19.4. The lowest BCUT2D eigenvalue weighted by Crippen LogP contribution is -2.42. The summed E-state index contributed by atoms with van der Waals surface area (Å²) in [5.41, 5.74) is 0.680. The molecular formula is C24H32N6O3. The molecule has 0 spiro atoms. The van der Waals surface area contributed by atoms with Gasteiger partial charge in [-0.15, -0.1) is 0 Å². The van der Waals surface area contributed by atoms with Gasteiger partial charge in [-0.1, -0.05) is 13.8 Å². The number of nitrogens with zero attached hydrogens (tertiary/aromatic N) is 5. The van der Waals surface area contributed by atoms with Crippen molar-refractivity contribution in [2.24, 2.45) is 11.8 Å². The number of nitrogens with one attached hydrogen (secondary N) is 1. The molecule has 0 bridgehead atoms. The number of aldehydes is 1. The maximum atomic E-state index is 12.7. The van der Waals surface area contributed by atoms with Crippen molar-refractivity contribution < 1.29 is 14.3 Å². The third-order valence-electron chi connectivity index (χ3n) is 6.68. The van der Waals surface area contributed by atoms with E-state index < -0.39 is 6.23 Å². The minimum absolute atomic E-state index is 0.0600. The Balaban J connectivity index is 1.37. The number of carbonyl (C=O) groups excluding carboxylic acids is 2. The second-order valence-electron chi connectivity index (χ2n) is 9.12. The summed E-state index contributed by atoms with van der Waals surface area (Å²) in [6.45, 7) is 8.30. The molecule has 2 unspecified atom stereocenters. The van der Waals surface area contributed by atoms with Crippen LogP contribution in [-0.4, -0.2) is 70.1 Å². The van der Waals surface area contributed by atoms with Crippen LogP contribution < -0.4 is 10.2 Å². The zero-order chi connectivity index (χ0) is 23.4. The largest absolute Gasteiger partial charge is 0.351 e. The molecule has 2 aliphatic rings. The van der Waals surface area contributed by atoms with Gasteiger partial charge in [0.1, 0.15) is 5.82 Å². The first kappa shape index (κ1) is 23.1. The molecule has 2 aliphatic heterocycles. The molecule has 1 amide bonds. The summed E-state index contributed by atoms with van der Waals surface area (Å²) in [6, 6.07) is 5.57.